The molecular formula is C18H28N4O6S. The van der Waals surface area contributed by atoms with Crippen LogP contribution in [0.4, 0.5) is 11.4 Å². The maximum atomic E-state index is 12.3. The lowest BCUT2D eigenvalue weighted by Gasteiger charge is -2.29. The number of hydrogen-bond acceptors (Lipinski definition) is 7. The first-order valence-corrected chi connectivity index (χ1v) is 11.2. The lowest BCUT2D eigenvalue weighted by Crippen LogP contribution is -2.43. The maximum absolute atomic E-state index is 12.3. The van der Waals surface area contributed by atoms with Crippen LogP contribution >= 0.6 is 0 Å². The number of ether oxygens (including phenoxy) is 1. The number of likely N-dealkylation sites (tertiary alicyclic amines) is 1. The smallest absolute Gasteiger partial charge is 0.271 e. The molecule has 1 saturated heterocycles. The molecule has 10 nitrogen and oxygen atoms in total. The van der Waals surface area contributed by atoms with Gasteiger partial charge in [-0.2, -0.15) is 0 Å². The van der Waals surface area contributed by atoms with E-state index in [2.05, 4.69) is 10.2 Å². The Morgan fingerprint density at radius 2 is 2.03 bits per heavy atom. The topological polar surface area (TPSA) is 122 Å². The number of benzene rings is 1. The van der Waals surface area contributed by atoms with Gasteiger partial charge >= 0.3 is 0 Å². The first-order valence-electron chi connectivity index (χ1n) is 9.40. The van der Waals surface area contributed by atoms with Gasteiger partial charge in [-0.3, -0.25) is 19.2 Å². The van der Waals surface area contributed by atoms with Gasteiger partial charge in [0.1, 0.15) is 11.4 Å². The van der Waals surface area contributed by atoms with E-state index in [1.807, 2.05) is 7.05 Å². The number of methoxy groups -OCH3 is 1. The molecule has 1 N–H and O–H groups in total. The molecule has 11 heteroatoms. The highest BCUT2D eigenvalue weighted by Crippen LogP contribution is 2.33. The molecule has 1 amide bonds. The Hall–Kier alpha value is -2.40. The molecule has 0 spiro atoms. The number of amides is 1. The van der Waals surface area contributed by atoms with Crippen LogP contribution in [0.1, 0.15) is 25.7 Å². The minimum Gasteiger partial charge on any atom is -0.495 e. The second-order valence-electron chi connectivity index (χ2n) is 7.20. The van der Waals surface area contributed by atoms with E-state index in [4.69, 9.17) is 4.74 Å². The predicted molar refractivity (Wildman–Crippen MR) is 110 cm³/mol. The van der Waals surface area contributed by atoms with E-state index in [1.165, 1.54) is 25.3 Å². The molecule has 1 aromatic rings. The number of nitrogens with zero attached hydrogens (tertiary/aromatic N) is 3. The van der Waals surface area contributed by atoms with E-state index >= 15 is 0 Å². The van der Waals surface area contributed by atoms with E-state index in [0.29, 0.717) is 0 Å². The van der Waals surface area contributed by atoms with Crippen LogP contribution in [0.15, 0.2) is 18.2 Å². The summed E-state index contributed by atoms with van der Waals surface area (Å²) < 4.78 is 30.8. The third-order valence-electron chi connectivity index (χ3n) is 4.89. The minimum atomic E-state index is -3.73. The molecule has 1 fully saturated rings. The molecule has 1 aliphatic heterocycles. The molecule has 1 aliphatic rings. The summed E-state index contributed by atoms with van der Waals surface area (Å²) in [6.45, 7) is 1.87. The number of non-ortho nitro benzene ring substituents is 1. The first kappa shape index (κ1) is 22.9. The number of piperidine rings is 1. The number of nitro groups is 1. The fraction of sp³-hybridized carbons (Fsp3) is 0.611. The van der Waals surface area contributed by atoms with E-state index < -0.39 is 14.9 Å². The van der Waals surface area contributed by atoms with Crippen molar-refractivity contribution in [2.24, 2.45) is 0 Å². The highest BCUT2D eigenvalue weighted by molar-refractivity contribution is 7.92. The van der Waals surface area contributed by atoms with Crippen LogP contribution < -0.4 is 14.4 Å². The van der Waals surface area contributed by atoms with Crippen molar-refractivity contribution in [3.8, 4) is 5.75 Å². The number of nitrogens with one attached hydrogen (secondary N) is 1. The zero-order chi connectivity index (χ0) is 21.6. The molecule has 0 bridgehead atoms. The van der Waals surface area contributed by atoms with Gasteiger partial charge in [0, 0.05) is 31.1 Å². The van der Waals surface area contributed by atoms with Crippen LogP contribution in [0.2, 0.25) is 0 Å². The number of carbonyl (C=O) groups excluding carboxylic acids is 1. The summed E-state index contributed by atoms with van der Waals surface area (Å²) in [5, 5.41) is 14.1. The second kappa shape index (κ2) is 9.88. The molecule has 0 unspecified atom stereocenters. The monoisotopic (exact) mass is 428 g/mol. The lowest BCUT2D eigenvalue weighted by atomic mass is 10.1. The second-order valence-corrected chi connectivity index (χ2v) is 9.10. The number of nitro benzene ring substituents is 1. The molecule has 2 rings (SSSR count). The summed E-state index contributed by atoms with van der Waals surface area (Å²) in [7, 11) is -0.328. The molecule has 1 heterocycles. The van der Waals surface area contributed by atoms with Gasteiger partial charge < -0.3 is 15.0 Å². The average molecular weight is 429 g/mol. The molecule has 0 atom stereocenters. The van der Waals surface area contributed by atoms with E-state index in [9.17, 15) is 23.3 Å². The van der Waals surface area contributed by atoms with Crippen molar-refractivity contribution in [1.82, 2.24) is 10.2 Å². The van der Waals surface area contributed by atoms with Crippen molar-refractivity contribution in [3.05, 3.63) is 28.3 Å². The van der Waals surface area contributed by atoms with Gasteiger partial charge in [0.25, 0.3) is 5.69 Å². The summed E-state index contributed by atoms with van der Waals surface area (Å²) in [6, 6.07) is 3.91. The van der Waals surface area contributed by atoms with E-state index in [-0.39, 0.29) is 48.5 Å². The largest absolute Gasteiger partial charge is 0.495 e. The van der Waals surface area contributed by atoms with Crippen LogP contribution in [-0.4, -0.2) is 70.2 Å². The van der Waals surface area contributed by atoms with Crippen LogP contribution in [0.3, 0.4) is 0 Å². The average Bonchev–Trinajstić information content (AvgIpc) is 2.65. The summed E-state index contributed by atoms with van der Waals surface area (Å²) in [5.74, 6) is 0.0795. The summed E-state index contributed by atoms with van der Waals surface area (Å²) >= 11 is 0. The molecule has 0 aromatic heterocycles. The Bertz CT molecular complexity index is 837. The molecule has 29 heavy (non-hydrogen) atoms. The molecule has 0 radical (unpaired) electrons. The van der Waals surface area contributed by atoms with Crippen LogP contribution in [-0.2, 0) is 14.8 Å². The number of hydrogen-bond donors (Lipinski definition) is 1. The van der Waals surface area contributed by atoms with Gasteiger partial charge in [0.2, 0.25) is 15.9 Å². The van der Waals surface area contributed by atoms with Crippen LogP contribution in [0.5, 0.6) is 5.75 Å². The minimum absolute atomic E-state index is 0.0111. The van der Waals surface area contributed by atoms with Crippen molar-refractivity contribution in [1.29, 1.82) is 0 Å². The van der Waals surface area contributed by atoms with E-state index in [1.54, 1.807) is 0 Å². The summed E-state index contributed by atoms with van der Waals surface area (Å²) in [6.07, 6.45) is 3.24. The highest BCUT2D eigenvalue weighted by Gasteiger charge is 2.24. The third-order valence-corrected chi connectivity index (χ3v) is 6.07. The van der Waals surface area contributed by atoms with Crippen molar-refractivity contribution in [3.63, 3.8) is 0 Å². The Morgan fingerprint density at radius 1 is 1.38 bits per heavy atom. The SMILES string of the molecule is COc1ccc([N+](=O)[O-])cc1N(CCCC(=O)NC1CCN(C)CC1)S(C)(=O)=O. The predicted octanol–water partition coefficient (Wildman–Crippen LogP) is 1.36. The molecule has 162 valence electrons. The number of sulfonamides is 1. The zero-order valence-corrected chi connectivity index (χ0v) is 17.8. The zero-order valence-electron chi connectivity index (χ0n) is 17.0. The summed E-state index contributed by atoms with van der Waals surface area (Å²) in [4.78, 5) is 24.9. The van der Waals surface area contributed by atoms with Gasteiger partial charge in [-0.05, 0) is 45.5 Å². The molecule has 0 saturated carbocycles. The van der Waals surface area contributed by atoms with Crippen molar-refractivity contribution < 1.29 is 22.9 Å². The van der Waals surface area contributed by atoms with Crippen LogP contribution in [0, 0.1) is 10.1 Å². The summed E-state index contributed by atoms with van der Waals surface area (Å²) in [5.41, 5.74) is -0.158. The highest BCUT2D eigenvalue weighted by atomic mass is 32.2. The lowest BCUT2D eigenvalue weighted by molar-refractivity contribution is -0.384. The van der Waals surface area contributed by atoms with Crippen molar-refractivity contribution in [2.75, 3.05) is 44.4 Å². The molecular weight excluding hydrogens is 400 g/mol. The van der Waals surface area contributed by atoms with Gasteiger partial charge in [0.05, 0.1) is 18.3 Å². The Balaban J connectivity index is 2.04. The first-order chi connectivity index (χ1) is 13.6. The standard InChI is InChI=1S/C18H28N4O6S/c1-20-11-8-14(9-12-20)19-18(23)5-4-10-21(29(3,26)27)16-13-15(22(24)25)6-7-17(16)28-2/h6-7,13-14H,4-5,8-12H2,1-3H3,(H,19,23). The number of rotatable bonds is 9. The van der Waals surface area contributed by atoms with Crippen molar-refractivity contribution >= 4 is 27.3 Å². The van der Waals surface area contributed by atoms with Gasteiger partial charge in [-0.25, -0.2) is 8.42 Å². The van der Waals surface area contributed by atoms with Crippen molar-refractivity contribution in [2.45, 2.75) is 31.7 Å². The Morgan fingerprint density at radius 3 is 2.59 bits per heavy atom. The fourth-order valence-electron chi connectivity index (χ4n) is 3.29. The van der Waals surface area contributed by atoms with Gasteiger partial charge in [-0.15, -0.1) is 0 Å². The van der Waals surface area contributed by atoms with E-state index in [0.717, 1.165) is 36.5 Å². The molecule has 1 aromatic carbocycles. The third kappa shape index (κ3) is 6.57. The quantitative estimate of drug-likeness (QED) is 0.465. The Labute approximate surface area is 171 Å². The van der Waals surface area contributed by atoms with Gasteiger partial charge in [-0.1, -0.05) is 0 Å². The Kier molecular flexibility index (Phi) is 7.80. The maximum Gasteiger partial charge on any atom is 0.271 e. The number of carbonyl (C=O) groups is 1. The number of anilines is 1. The van der Waals surface area contributed by atoms with Gasteiger partial charge in [0.15, 0.2) is 0 Å². The normalized spacial score (nSPS) is 15.7. The molecule has 0 aliphatic carbocycles. The fourth-order valence-corrected chi connectivity index (χ4v) is 4.25. The van der Waals surface area contributed by atoms with Crippen LogP contribution in [0.25, 0.3) is 0 Å².